The molecule has 2 aromatic carbocycles. The summed E-state index contributed by atoms with van der Waals surface area (Å²) >= 11 is 0. The Hall–Kier alpha value is -2.14. The van der Waals surface area contributed by atoms with Crippen LogP contribution in [0.5, 0.6) is 0 Å². The number of piperidine rings is 1. The lowest BCUT2D eigenvalue weighted by Crippen LogP contribution is -2.46. The molecule has 4 heteroatoms. The highest BCUT2D eigenvalue weighted by Gasteiger charge is 2.31. The molecule has 170 valence electrons. The van der Waals surface area contributed by atoms with Crippen LogP contribution in [-0.2, 0) is 24.1 Å². The number of nitrogens with one attached hydrogen (secondary N) is 1. The third kappa shape index (κ3) is 4.63. The van der Waals surface area contributed by atoms with Gasteiger partial charge in [0.15, 0.2) is 0 Å². The number of para-hydroxylation sites is 1. The van der Waals surface area contributed by atoms with E-state index in [1.807, 2.05) is 7.11 Å². The Morgan fingerprint density at radius 2 is 1.81 bits per heavy atom. The summed E-state index contributed by atoms with van der Waals surface area (Å²) in [5, 5.41) is 1.35. The molecule has 1 aromatic heterocycles. The van der Waals surface area contributed by atoms with Crippen LogP contribution >= 0.6 is 0 Å². The molecule has 0 unspecified atom stereocenters. The number of H-pyrrole nitrogens is 1. The van der Waals surface area contributed by atoms with Crippen molar-refractivity contribution < 1.29 is 4.74 Å². The average molecular weight is 432 g/mol. The maximum absolute atomic E-state index is 5.46. The third-order valence-corrected chi connectivity index (χ3v) is 7.68. The molecule has 4 nitrogen and oxygen atoms in total. The Morgan fingerprint density at radius 1 is 1.06 bits per heavy atom. The number of hydrogen-bond donors (Lipinski definition) is 1. The van der Waals surface area contributed by atoms with Crippen LogP contribution < -0.4 is 0 Å². The first-order valence-corrected chi connectivity index (χ1v) is 12.3. The monoisotopic (exact) mass is 431 g/mol. The summed E-state index contributed by atoms with van der Waals surface area (Å²) in [4.78, 5) is 9.08. The van der Waals surface area contributed by atoms with Crippen molar-refractivity contribution in [2.24, 2.45) is 5.92 Å². The molecule has 3 aromatic rings. The topological polar surface area (TPSA) is 31.5 Å². The van der Waals surface area contributed by atoms with Gasteiger partial charge >= 0.3 is 0 Å². The van der Waals surface area contributed by atoms with Crippen molar-refractivity contribution in [1.29, 1.82) is 0 Å². The first-order valence-electron chi connectivity index (χ1n) is 12.3. The number of likely N-dealkylation sites (tertiary alicyclic amines) is 1. The molecular formula is C28H37N3O. The number of aromatic nitrogens is 1. The Morgan fingerprint density at radius 3 is 2.56 bits per heavy atom. The van der Waals surface area contributed by atoms with Crippen molar-refractivity contribution in [3.8, 4) is 0 Å². The highest BCUT2D eigenvalue weighted by molar-refractivity contribution is 5.84. The predicted molar refractivity (Wildman–Crippen MR) is 132 cm³/mol. The van der Waals surface area contributed by atoms with Gasteiger partial charge in [-0.2, -0.15) is 0 Å². The van der Waals surface area contributed by atoms with Crippen LogP contribution in [0.2, 0.25) is 0 Å². The maximum atomic E-state index is 5.46. The second-order valence-corrected chi connectivity index (χ2v) is 9.84. The highest BCUT2D eigenvalue weighted by Crippen LogP contribution is 2.29. The van der Waals surface area contributed by atoms with E-state index in [1.165, 1.54) is 60.9 Å². The summed E-state index contributed by atoms with van der Waals surface area (Å²) in [6.45, 7) is 8.62. The Labute approximate surface area is 192 Å². The zero-order valence-corrected chi connectivity index (χ0v) is 19.6. The van der Waals surface area contributed by atoms with Gasteiger partial charge in [0.05, 0.1) is 6.61 Å². The third-order valence-electron chi connectivity index (χ3n) is 7.68. The van der Waals surface area contributed by atoms with Gasteiger partial charge in [0.25, 0.3) is 0 Å². The van der Waals surface area contributed by atoms with Crippen LogP contribution in [0.1, 0.15) is 35.2 Å². The standard InChI is InChI=1S/C28H37N3O/c1-21-26-11-5-6-12-27(26)29-28(21)20-30(14-15-32-2)18-22-8-7-13-31(19-22)25-16-23-9-3-4-10-24(23)17-25/h3-6,9-12,22,25,29H,7-8,13-20H2,1-2H3/t22-/m1/s1. The summed E-state index contributed by atoms with van der Waals surface area (Å²) in [6.07, 6.45) is 5.11. The van der Waals surface area contributed by atoms with Gasteiger partial charge in [-0.1, -0.05) is 42.5 Å². The second kappa shape index (κ2) is 9.78. The lowest BCUT2D eigenvalue weighted by atomic mass is 9.95. The van der Waals surface area contributed by atoms with Gasteiger partial charge in [-0.25, -0.2) is 0 Å². The number of fused-ring (bicyclic) bond motifs is 2. The smallest absolute Gasteiger partial charge is 0.0589 e. The molecule has 1 aliphatic heterocycles. The fourth-order valence-corrected chi connectivity index (χ4v) is 5.91. The lowest BCUT2D eigenvalue weighted by molar-refractivity contribution is 0.0839. The molecule has 0 radical (unpaired) electrons. The normalized spacial score (nSPS) is 19.8. The van der Waals surface area contributed by atoms with E-state index < -0.39 is 0 Å². The molecular weight excluding hydrogens is 394 g/mol. The number of hydrogen-bond acceptors (Lipinski definition) is 3. The van der Waals surface area contributed by atoms with Crippen LogP contribution in [0, 0.1) is 12.8 Å². The van der Waals surface area contributed by atoms with Gasteiger partial charge in [0.2, 0.25) is 0 Å². The number of nitrogens with zero attached hydrogens (tertiary/aromatic N) is 2. The minimum Gasteiger partial charge on any atom is -0.383 e. The number of benzene rings is 2. The number of aryl methyl sites for hydroxylation is 1. The van der Waals surface area contributed by atoms with E-state index in [9.17, 15) is 0 Å². The molecule has 0 saturated carbocycles. The Balaban J connectivity index is 1.25. The van der Waals surface area contributed by atoms with Crippen molar-refractivity contribution in [2.45, 2.75) is 45.2 Å². The van der Waals surface area contributed by atoms with E-state index in [0.29, 0.717) is 6.04 Å². The number of ether oxygens (including phenoxy) is 1. The number of methoxy groups -OCH3 is 1. The Kier molecular flexibility index (Phi) is 6.63. The molecule has 0 spiro atoms. The van der Waals surface area contributed by atoms with E-state index in [2.05, 4.69) is 70.2 Å². The SMILES string of the molecule is COCCN(Cc1[nH]c2ccccc2c1C)C[C@H]1CCCN(C2Cc3ccccc3C2)C1. The van der Waals surface area contributed by atoms with Gasteiger partial charge in [0, 0.05) is 55.9 Å². The van der Waals surface area contributed by atoms with E-state index in [0.717, 1.165) is 32.2 Å². The van der Waals surface area contributed by atoms with Gasteiger partial charge in [0.1, 0.15) is 0 Å². The molecule has 2 heterocycles. The van der Waals surface area contributed by atoms with Gasteiger partial charge in [-0.15, -0.1) is 0 Å². The summed E-state index contributed by atoms with van der Waals surface area (Å²) in [5.74, 6) is 0.731. The minimum atomic E-state index is 0.693. The first-order chi connectivity index (χ1) is 15.7. The second-order valence-electron chi connectivity index (χ2n) is 9.84. The first kappa shape index (κ1) is 21.7. The van der Waals surface area contributed by atoms with Crippen molar-refractivity contribution in [3.63, 3.8) is 0 Å². The molecule has 5 rings (SSSR count). The zero-order chi connectivity index (χ0) is 21.9. The van der Waals surface area contributed by atoms with Crippen LogP contribution in [0.3, 0.4) is 0 Å². The molecule has 0 bridgehead atoms. The summed E-state index contributed by atoms with van der Waals surface area (Å²) in [7, 11) is 1.81. The molecule has 0 amide bonds. The summed E-state index contributed by atoms with van der Waals surface area (Å²) < 4.78 is 5.46. The maximum Gasteiger partial charge on any atom is 0.0589 e. The van der Waals surface area contributed by atoms with Crippen LogP contribution in [0.25, 0.3) is 10.9 Å². The van der Waals surface area contributed by atoms with Crippen molar-refractivity contribution in [1.82, 2.24) is 14.8 Å². The molecule has 1 aliphatic carbocycles. The van der Waals surface area contributed by atoms with Crippen LogP contribution in [-0.4, -0.2) is 60.7 Å². The zero-order valence-electron chi connectivity index (χ0n) is 19.6. The van der Waals surface area contributed by atoms with E-state index >= 15 is 0 Å². The van der Waals surface area contributed by atoms with Crippen molar-refractivity contribution in [3.05, 3.63) is 70.9 Å². The molecule has 32 heavy (non-hydrogen) atoms. The molecule has 1 N–H and O–H groups in total. The van der Waals surface area contributed by atoms with Gasteiger partial charge in [-0.3, -0.25) is 9.80 Å². The number of aromatic amines is 1. The van der Waals surface area contributed by atoms with Crippen LogP contribution in [0.4, 0.5) is 0 Å². The fraction of sp³-hybridized carbons (Fsp3) is 0.500. The van der Waals surface area contributed by atoms with Gasteiger partial charge in [-0.05, 0) is 67.8 Å². The van der Waals surface area contributed by atoms with Crippen LogP contribution in [0.15, 0.2) is 48.5 Å². The summed E-state index contributed by atoms with van der Waals surface area (Å²) in [5.41, 5.74) is 7.11. The molecule has 1 atom stereocenters. The minimum absolute atomic E-state index is 0.693. The summed E-state index contributed by atoms with van der Waals surface area (Å²) in [6, 6.07) is 18.4. The predicted octanol–water partition coefficient (Wildman–Crippen LogP) is 4.80. The Bertz CT molecular complexity index is 1020. The average Bonchev–Trinajstić information content (AvgIpc) is 3.39. The number of rotatable bonds is 8. The quantitative estimate of drug-likeness (QED) is 0.556. The van der Waals surface area contributed by atoms with Crippen molar-refractivity contribution >= 4 is 10.9 Å². The van der Waals surface area contributed by atoms with E-state index in [1.54, 1.807) is 11.1 Å². The lowest BCUT2D eigenvalue weighted by Gasteiger charge is -2.38. The largest absolute Gasteiger partial charge is 0.383 e. The van der Waals surface area contributed by atoms with E-state index in [4.69, 9.17) is 4.74 Å². The fourth-order valence-electron chi connectivity index (χ4n) is 5.91. The highest BCUT2D eigenvalue weighted by atomic mass is 16.5. The molecule has 2 aliphatic rings. The van der Waals surface area contributed by atoms with E-state index in [-0.39, 0.29) is 0 Å². The van der Waals surface area contributed by atoms with Gasteiger partial charge < -0.3 is 9.72 Å². The van der Waals surface area contributed by atoms with Crippen molar-refractivity contribution in [2.75, 3.05) is 39.9 Å². The molecule has 1 fully saturated rings. The molecule has 1 saturated heterocycles.